The van der Waals surface area contributed by atoms with E-state index in [1.54, 1.807) is 0 Å². The van der Waals surface area contributed by atoms with Crippen LogP contribution in [0.1, 0.15) is 57.4 Å². The number of rotatable bonds is 6. The Balaban J connectivity index is 1.47. The predicted octanol–water partition coefficient (Wildman–Crippen LogP) is 4.06. The zero-order valence-electron chi connectivity index (χ0n) is 15.3. The summed E-state index contributed by atoms with van der Waals surface area (Å²) in [7, 11) is 0. The number of hydrogen-bond donors (Lipinski definition) is 1. The molecule has 1 aliphatic carbocycles. The third-order valence-electron chi connectivity index (χ3n) is 5.82. The average Bonchev–Trinajstić information content (AvgIpc) is 2.60. The quantitative estimate of drug-likeness (QED) is 0.853. The molecule has 3 rings (SSSR count). The number of nitrogens with zero attached hydrogens (tertiary/aromatic N) is 1. The fraction of sp³-hybridized carbons (Fsp3) is 0.714. The van der Waals surface area contributed by atoms with Gasteiger partial charge >= 0.3 is 0 Å². The van der Waals surface area contributed by atoms with Crippen LogP contribution in [-0.4, -0.2) is 42.4 Å². The molecule has 1 aromatic carbocycles. The highest BCUT2D eigenvalue weighted by molar-refractivity contribution is 5.35. The standard InChI is InChI=1S/C21H33NO2/c1-16(2)20-9-5-6-10-21(20)24-15-19(23)14-22-12-11-17-7-3-4-8-18(17)13-22/h5-6,9-10,16-19,23H,3-4,7-8,11-15H2,1-2H3/t17-,18+,19+/m1/s1. The fourth-order valence-electron chi connectivity index (χ4n) is 4.47. The molecule has 2 fully saturated rings. The number of aliphatic hydroxyl groups excluding tert-OH is 1. The monoisotopic (exact) mass is 331 g/mol. The summed E-state index contributed by atoms with van der Waals surface area (Å²) in [5.74, 6) is 3.16. The van der Waals surface area contributed by atoms with E-state index in [9.17, 15) is 5.11 Å². The number of para-hydroxylation sites is 1. The minimum Gasteiger partial charge on any atom is -0.491 e. The minimum atomic E-state index is -0.412. The highest BCUT2D eigenvalue weighted by Crippen LogP contribution is 2.36. The zero-order valence-corrected chi connectivity index (χ0v) is 15.3. The Labute approximate surface area is 147 Å². The molecule has 0 bridgehead atoms. The Morgan fingerprint density at radius 1 is 1.12 bits per heavy atom. The van der Waals surface area contributed by atoms with Gasteiger partial charge in [0.15, 0.2) is 0 Å². The molecule has 0 unspecified atom stereocenters. The van der Waals surface area contributed by atoms with E-state index in [1.165, 1.54) is 44.2 Å². The van der Waals surface area contributed by atoms with Gasteiger partial charge in [-0.2, -0.15) is 0 Å². The van der Waals surface area contributed by atoms with Gasteiger partial charge in [0.05, 0.1) is 0 Å². The van der Waals surface area contributed by atoms with E-state index in [2.05, 4.69) is 24.8 Å². The maximum atomic E-state index is 10.4. The molecule has 24 heavy (non-hydrogen) atoms. The number of hydrogen-bond acceptors (Lipinski definition) is 3. The molecule has 134 valence electrons. The van der Waals surface area contributed by atoms with E-state index in [0.717, 1.165) is 30.7 Å². The second-order valence-corrected chi connectivity index (χ2v) is 8.01. The van der Waals surface area contributed by atoms with Crippen molar-refractivity contribution in [3.8, 4) is 5.75 Å². The summed E-state index contributed by atoms with van der Waals surface area (Å²) in [6.07, 6.45) is 6.53. The Hall–Kier alpha value is -1.06. The first-order valence-corrected chi connectivity index (χ1v) is 9.75. The molecule has 1 heterocycles. The third-order valence-corrected chi connectivity index (χ3v) is 5.82. The van der Waals surface area contributed by atoms with Crippen molar-refractivity contribution in [3.63, 3.8) is 0 Å². The summed E-state index contributed by atoms with van der Waals surface area (Å²) in [5, 5.41) is 10.4. The molecule has 0 amide bonds. The van der Waals surface area contributed by atoms with Gasteiger partial charge in [-0.25, -0.2) is 0 Å². The molecule has 0 radical (unpaired) electrons. The van der Waals surface area contributed by atoms with E-state index in [4.69, 9.17) is 4.74 Å². The van der Waals surface area contributed by atoms with Crippen LogP contribution < -0.4 is 4.74 Å². The number of likely N-dealkylation sites (tertiary alicyclic amines) is 1. The molecule has 2 aliphatic rings. The van der Waals surface area contributed by atoms with Gasteiger partial charge in [-0.3, -0.25) is 0 Å². The van der Waals surface area contributed by atoms with E-state index < -0.39 is 6.10 Å². The van der Waals surface area contributed by atoms with Gasteiger partial charge in [0.1, 0.15) is 18.5 Å². The van der Waals surface area contributed by atoms with Crippen LogP contribution >= 0.6 is 0 Å². The van der Waals surface area contributed by atoms with Gasteiger partial charge in [0.25, 0.3) is 0 Å². The normalized spacial score (nSPS) is 26.2. The first kappa shape index (κ1) is 17.8. The second kappa shape index (κ2) is 8.35. The van der Waals surface area contributed by atoms with Crippen molar-refractivity contribution >= 4 is 0 Å². The lowest BCUT2D eigenvalue weighted by Gasteiger charge is -2.41. The number of β-amino-alcohol motifs (C(OH)–C–C–N with tert-alkyl or cyclic N) is 1. The summed E-state index contributed by atoms with van der Waals surface area (Å²) in [4.78, 5) is 2.45. The molecule has 1 saturated carbocycles. The molecule has 0 spiro atoms. The lowest BCUT2D eigenvalue weighted by atomic mass is 9.75. The highest BCUT2D eigenvalue weighted by Gasteiger charge is 2.31. The Bertz CT molecular complexity index is 516. The molecule has 1 N–H and O–H groups in total. The highest BCUT2D eigenvalue weighted by atomic mass is 16.5. The molecular weight excluding hydrogens is 298 g/mol. The Kier molecular flexibility index (Phi) is 6.18. The molecular formula is C21H33NO2. The SMILES string of the molecule is CC(C)c1ccccc1OC[C@@H](O)CN1CC[C@H]2CCCC[C@H]2C1. The number of fused-ring (bicyclic) bond motifs is 1. The summed E-state index contributed by atoms with van der Waals surface area (Å²) in [6.45, 7) is 7.78. The van der Waals surface area contributed by atoms with Crippen LogP contribution in [0.5, 0.6) is 5.75 Å². The van der Waals surface area contributed by atoms with Crippen LogP contribution in [0.3, 0.4) is 0 Å². The smallest absolute Gasteiger partial charge is 0.122 e. The summed E-state index contributed by atoms with van der Waals surface area (Å²) in [6, 6.07) is 8.17. The van der Waals surface area contributed by atoms with Crippen LogP contribution in [0, 0.1) is 11.8 Å². The van der Waals surface area contributed by atoms with Crippen molar-refractivity contribution in [3.05, 3.63) is 29.8 Å². The van der Waals surface area contributed by atoms with Gasteiger partial charge in [-0.1, -0.05) is 51.3 Å². The summed E-state index contributed by atoms with van der Waals surface area (Å²) < 4.78 is 5.93. The van der Waals surface area contributed by atoms with Crippen molar-refractivity contribution in [1.82, 2.24) is 4.90 Å². The van der Waals surface area contributed by atoms with Gasteiger partial charge in [-0.15, -0.1) is 0 Å². The van der Waals surface area contributed by atoms with Gasteiger partial charge in [-0.05, 0) is 48.8 Å². The van der Waals surface area contributed by atoms with Crippen molar-refractivity contribution in [2.45, 2.75) is 58.0 Å². The average molecular weight is 332 g/mol. The molecule has 3 atom stereocenters. The first-order chi connectivity index (χ1) is 11.6. The van der Waals surface area contributed by atoms with E-state index >= 15 is 0 Å². The lowest BCUT2D eigenvalue weighted by molar-refractivity contribution is 0.0279. The maximum absolute atomic E-state index is 10.4. The van der Waals surface area contributed by atoms with Crippen molar-refractivity contribution in [1.29, 1.82) is 0 Å². The van der Waals surface area contributed by atoms with E-state index in [-0.39, 0.29) is 0 Å². The third kappa shape index (κ3) is 4.52. The van der Waals surface area contributed by atoms with Crippen molar-refractivity contribution in [2.24, 2.45) is 11.8 Å². The number of benzene rings is 1. The Morgan fingerprint density at radius 2 is 1.88 bits per heavy atom. The molecule has 0 aromatic heterocycles. The largest absolute Gasteiger partial charge is 0.491 e. The lowest BCUT2D eigenvalue weighted by Crippen LogP contribution is -2.45. The molecule has 1 aromatic rings. The number of aliphatic hydroxyl groups is 1. The van der Waals surface area contributed by atoms with Crippen LogP contribution in [-0.2, 0) is 0 Å². The summed E-state index contributed by atoms with van der Waals surface area (Å²) >= 11 is 0. The first-order valence-electron chi connectivity index (χ1n) is 9.75. The zero-order chi connectivity index (χ0) is 16.9. The van der Waals surface area contributed by atoms with E-state index in [0.29, 0.717) is 12.5 Å². The fourth-order valence-corrected chi connectivity index (χ4v) is 4.47. The van der Waals surface area contributed by atoms with Crippen molar-refractivity contribution < 1.29 is 9.84 Å². The van der Waals surface area contributed by atoms with E-state index in [1.807, 2.05) is 18.2 Å². The molecule has 1 saturated heterocycles. The maximum Gasteiger partial charge on any atom is 0.122 e. The van der Waals surface area contributed by atoms with Gasteiger partial charge in [0, 0.05) is 13.1 Å². The number of piperidine rings is 1. The van der Waals surface area contributed by atoms with Crippen LogP contribution in [0.15, 0.2) is 24.3 Å². The number of ether oxygens (including phenoxy) is 1. The molecule has 3 nitrogen and oxygen atoms in total. The molecule has 3 heteroatoms. The van der Waals surface area contributed by atoms with Crippen molar-refractivity contribution in [2.75, 3.05) is 26.2 Å². The van der Waals surface area contributed by atoms with Gasteiger partial charge < -0.3 is 14.7 Å². The van der Waals surface area contributed by atoms with Crippen LogP contribution in [0.4, 0.5) is 0 Å². The topological polar surface area (TPSA) is 32.7 Å². The van der Waals surface area contributed by atoms with Crippen LogP contribution in [0.2, 0.25) is 0 Å². The predicted molar refractivity (Wildman–Crippen MR) is 98.5 cm³/mol. The minimum absolute atomic E-state index is 0.383. The van der Waals surface area contributed by atoms with Gasteiger partial charge in [0.2, 0.25) is 0 Å². The second-order valence-electron chi connectivity index (χ2n) is 8.01. The molecule has 1 aliphatic heterocycles. The van der Waals surface area contributed by atoms with Crippen LogP contribution in [0.25, 0.3) is 0 Å². The summed E-state index contributed by atoms with van der Waals surface area (Å²) in [5.41, 5.74) is 1.22. The Morgan fingerprint density at radius 3 is 2.67 bits per heavy atom.